The highest BCUT2D eigenvalue weighted by atomic mass is 35.5. The van der Waals surface area contributed by atoms with Crippen LogP contribution in [0.15, 0.2) is 36.4 Å². The summed E-state index contributed by atoms with van der Waals surface area (Å²) in [7, 11) is 0. The van der Waals surface area contributed by atoms with Gasteiger partial charge in [0.05, 0.1) is 10.2 Å². The highest BCUT2D eigenvalue weighted by Crippen LogP contribution is 2.37. The third kappa shape index (κ3) is 5.72. The number of anilines is 2. The summed E-state index contributed by atoms with van der Waals surface area (Å²) in [4.78, 5) is 18.1. The molecule has 2 unspecified atom stereocenters. The molecule has 1 saturated carbocycles. The van der Waals surface area contributed by atoms with E-state index in [-0.39, 0.29) is 29.6 Å². The highest BCUT2D eigenvalue weighted by molar-refractivity contribution is 7.22. The summed E-state index contributed by atoms with van der Waals surface area (Å²) in [5.74, 6) is 0.670. The van der Waals surface area contributed by atoms with Gasteiger partial charge < -0.3 is 16.0 Å². The lowest BCUT2D eigenvalue weighted by atomic mass is 9.84. The van der Waals surface area contributed by atoms with E-state index in [2.05, 4.69) is 27.9 Å². The first-order chi connectivity index (χ1) is 17.0. The van der Waals surface area contributed by atoms with E-state index in [1.807, 2.05) is 18.2 Å². The summed E-state index contributed by atoms with van der Waals surface area (Å²) in [6.45, 7) is 3.42. The Morgan fingerprint density at radius 1 is 1.23 bits per heavy atom. The monoisotopic (exact) mass is 514 g/mol. The molecule has 0 saturated heterocycles. The van der Waals surface area contributed by atoms with Crippen LogP contribution in [0.25, 0.3) is 10.2 Å². The Morgan fingerprint density at radius 3 is 2.89 bits per heavy atom. The molecule has 3 N–H and O–H groups in total. The molecule has 35 heavy (non-hydrogen) atoms. The summed E-state index contributed by atoms with van der Waals surface area (Å²) in [6, 6.07) is 10.2. The number of nitrogens with one attached hydrogen (secondary N) is 3. The average molecular weight is 515 g/mol. The van der Waals surface area contributed by atoms with Gasteiger partial charge in [-0.2, -0.15) is 0 Å². The number of hydrogen-bond donors (Lipinski definition) is 3. The highest BCUT2D eigenvalue weighted by Gasteiger charge is 2.30. The maximum Gasteiger partial charge on any atom is 0.242 e. The van der Waals surface area contributed by atoms with Gasteiger partial charge in [-0.15, -0.1) is 0 Å². The van der Waals surface area contributed by atoms with Gasteiger partial charge in [-0.1, -0.05) is 62.0 Å². The summed E-state index contributed by atoms with van der Waals surface area (Å²) in [5, 5.41) is 11.4. The first kappa shape index (κ1) is 24.3. The Morgan fingerprint density at radius 2 is 2.06 bits per heavy atom. The molecule has 1 aromatic heterocycles. The number of aromatic nitrogens is 1. The van der Waals surface area contributed by atoms with Crippen LogP contribution in [-0.2, 0) is 4.79 Å². The van der Waals surface area contributed by atoms with Crippen LogP contribution in [0.3, 0.4) is 0 Å². The minimum absolute atomic E-state index is 0.00475. The second kappa shape index (κ2) is 10.7. The molecule has 2 aliphatic rings. The number of hydrogen-bond acceptors (Lipinski definition) is 5. The number of benzene rings is 2. The molecule has 186 valence electrons. The van der Waals surface area contributed by atoms with Crippen LogP contribution < -0.4 is 16.0 Å². The van der Waals surface area contributed by atoms with Crippen molar-refractivity contribution in [1.29, 1.82) is 0 Å². The normalized spacial score (nSPS) is 19.7. The third-order valence-corrected chi connectivity index (χ3v) is 8.65. The molecule has 0 bridgehead atoms. The fourth-order valence-electron chi connectivity index (χ4n) is 5.46. The maximum absolute atomic E-state index is 13.8. The zero-order valence-electron chi connectivity index (χ0n) is 19.9. The predicted octanol–water partition coefficient (Wildman–Crippen LogP) is 6.80. The number of halogens is 2. The van der Waals surface area contributed by atoms with Crippen molar-refractivity contribution in [3.05, 3.63) is 52.8 Å². The van der Waals surface area contributed by atoms with E-state index >= 15 is 0 Å². The Kier molecular flexibility index (Phi) is 7.44. The second-order valence-corrected chi connectivity index (χ2v) is 11.5. The molecule has 0 spiro atoms. The van der Waals surface area contributed by atoms with E-state index in [4.69, 9.17) is 11.6 Å². The number of rotatable bonds is 8. The van der Waals surface area contributed by atoms with Gasteiger partial charge in [-0.3, -0.25) is 4.79 Å². The molecular weight excluding hydrogens is 483 g/mol. The smallest absolute Gasteiger partial charge is 0.242 e. The summed E-state index contributed by atoms with van der Waals surface area (Å²) < 4.78 is 14.8. The van der Waals surface area contributed by atoms with Crippen LogP contribution in [0.4, 0.5) is 15.2 Å². The Labute approximate surface area is 214 Å². The summed E-state index contributed by atoms with van der Waals surface area (Å²) in [6.07, 6.45) is 6.91. The predicted molar refractivity (Wildman–Crippen MR) is 143 cm³/mol. The first-order valence-electron chi connectivity index (χ1n) is 12.6. The number of amides is 1. The molecule has 5 nitrogen and oxygen atoms in total. The number of carbonyl (C=O) groups excluding carboxylic acids is 1. The standard InChI is InChI=1S/C27H32ClFN4OS/c1-16(21-15-30-22-10-8-19(29)13-20(21)22)14-31-26(34)24(11-17-5-3-2-4-6-17)33-27-32-23-9-7-18(28)12-25(23)35-27/h7-10,12-13,16-17,21,24,30H,2-6,11,14-15H2,1H3,(H,31,34)(H,32,33)/t16?,21?,24-/m0/s1. The van der Waals surface area contributed by atoms with E-state index < -0.39 is 0 Å². The van der Waals surface area contributed by atoms with Crippen LogP contribution in [0.2, 0.25) is 5.02 Å². The Bertz CT molecular complexity index is 1200. The van der Waals surface area contributed by atoms with Crippen molar-refractivity contribution in [2.24, 2.45) is 11.8 Å². The number of fused-ring (bicyclic) bond motifs is 2. The number of thiazole rings is 1. The number of nitrogens with zero attached hydrogens (tertiary/aromatic N) is 1. The lowest BCUT2D eigenvalue weighted by molar-refractivity contribution is -0.122. The van der Waals surface area contributed by atoms with Gasteiger partial charge in [0, 0.05) is 29.7 Å². The maximum atomic E-state index is 13.8. The van der Waals surface area contributed by atoms with Gasteiger partial charge in [-0.25, -0.2) is 9.37 Å². The quantitative estimate of drug-likeness (QED) is 0.309. The summed E-state index contributed by atoms with van der Waals surface area (Å²) >= 11 is 7.67. The Balaban J connectivity index is 1.26. The largest absolute Gasteiger partial charge is 0.384 e. The van der Waals surface area contributed by atoms with E-state index in [1.54, 1.807) is 12.1 Å². The molecule has 5 rings (SSSR count). The average Bonchev–Trinajstić information content (AvgIpc) is 3.45. The van der Waals surface area contributed by atoms with Crippen molar-refractivity contribution in [2.45, 2.75) is 57.4 Å². The zero-order chi connectivity index (χ0) is 24.4. The van der Waals surface area contributed by atoms with Crippen LogP contribution in [0.1, 0.15) is 56.9 Å². The third-order valence-electron chi connectivity index (χ3n) is 7.47. The van der Waals surface area contributed by atoms with Gasteiger partial charge in [0.1, 0.15) is 11.9 Å². The SMILES string of the molecule is CC(CNC(=O)[C@H](CC1CCCCC1)Nc1nc2ccc(Cl)cc2s1)C1CNc2ccc(F)cc21. The molecule has 2 aromatic carbocycles. The van der Waals surface area contributed by atoms with Crippen molar-refractivity contribution in [2.75, 3.05) is 23.7 Å². The van der Waals surface area contributed by atoms with Crippen LogP contribution >= 0.6 is 22.9 Å². The van der Waals surface area contributed by atoms with Crippen LogP contribution in [0.5, 0.6) is 0 Å². The van der Waals surface area contributed by atoms with Gasteiger partial charge >= 0.3 is 0 Å². The van der Waals surface area contributed by atoms with Crippen molar-refractivity contribution >= 4 is 49.9 Å². The van der Waals surface area contributed by atoms with Crippen molar-refractivity contribution in [3.8, 4) is 0 Å². The molecule has 8 heteroatoms. The Hall–Kier alpha value is -2.38. The van der Waals surface area contributed by atoms with E-state index in [0.29, 0.717) is 17.5 Å². The fraction of sp³-hybridized carbons (Fsp3) is 0.481. The second-order valence-electron chi connectivity index (χ2n) is 10.0. The minimum atomic E-state index is -0.340. The van der Waals surface area contributed by atoms with Gasteiger partial charge in [0.2, 0.25) is 5.91 Å². The lowest BCUT2D eigenvalue weighted by Gasteiger charge is -2.27. The van der Waals surface area contributed by atoms with Gasteiger partial charge in [0.15, 0.2) is 5.13 Å². The molecule has 3 atom stereocenters. The van der Waals surface area contributed by atoms with E-state index in [1.165, 1.54) is 49.5 Å². The molecule has 1 aliphatic heterocycles. The fourth-order valence-corrected chi connectivity index (χ4v) is 6.66. The zero-order valence-corrected chi connectivity index (χ0v) is 21.5. The van der Waals surface area contributed by atoms with Crippen molar-refractivity contribution in [1.82, 2.24) is 10.3 Å². The molecule has 0 radical (unpaired) electrons. The molecule has 1 fully saturated rings. The molecule has 3 aromatic rings. The molecule has 2 heterocycles. The van der Waals surface area contributed by atoms with Gasteiger partial charge in [-0.05, 0) is 60.2 Å². The molecule has 1 amide bonds. The topological polar surface area (TPSA) is 66.0 Å². The van der Waals surface area contributed by atoms with E-state index in [0.717, 1.165) is 39.6 Å². The number of carbonyl (C=O) groups is 1. The molecule has 1 aliphatic carbocycles. The van der Waals surface area contributed by atoms with Gasteiger partial charge in [0.25, 0.3) is 0 Å². The van der Waals surface area contributed by atoms with Crippen LogP contribution in [-0.4, -0.2) is 30.0 Å². The lowest BCUT2D eigenvalue weighted by Crippen LogP contribution is -2.43. The van der Waals surface area contributed by atoms with Crippen molar-refractivity contribution < 1.29 is 9.18 Å². The minimum Gasteiger partial charge on any atom is -0.384 e. The van der Waals surface area contributed by atoms with E-state index in [9.17, 15) is 9.18 Å². The summed E-state index contributed by atoms with van der Waals surface area (Å²) in [5.41, 5.74) is 2.87. The molecular formula is C27H32ClFN4OS. The van der Waals surface area contributed by atoms with Crippen molar-refractivity contribution in [3.63, 3.8) is 0 Å². The van der Waals surface area contributed by atoms with Crippen LogP contribution in [0, 0.1) is 17.7 Å². The first-order valence-corrected chi connectivity index (χ1v) is 13.8.